The highest BCUT2D eigenvalue weighted by molar-refractivity contribution is 7.87. The maximum absolute atomic E-state index is 12.5. The molecule has 0 saturated carbocycles. The van der Waals surface area contributed by atoms with Gasteiger partial charge in [-0.1, -0.05) is 13.8 Å². The first-order valence-electron chi connectivity index (χ1n) is 7.93. The summed E-state index contributed by atoms with van der Waals surface area (Å²) < 4.78 is 34.2. The summed E-state index contributed by atoms with van der Waals surface area (Å²) in [5.74, 6) is 0.487. The number of hydrogen-bond donors (Lipinski definition) is 1. The second kappa shape index (κ2) is 7.25. The van der Waals surface area contributed by atoms with Crippen molar-refractivity contribution in [3.8, 4) is 0 Å². The lowest BCUT2D eigenvalue weighted by Crippen LogP contribution is -2.55. The molecule has 0 radical (unpaired) electrons. The van der Waals surface area contributed by atoms with Gasteiger partial charge in [0.25, 0.3) is 10.2 Å². The quantitative estimate of drug-likeness (QED) is 0.788. The normalized spacial score (nSPS) is 29.3. The molecule has 3 unspecified atom stereocenters. The minimum atomic E-state index is -3.63. The molecule has 2 fully saturated rings. The standard InChI is InChI=1S/C14H27N3O4S/c1-11-8-12(2)10-17(9-11)22(19,20)15-13(3)14(18)16-4-6-21-7-5-16/h11-13,15H,4-10H2,1-3H3. The van der Waals surface area contributed by atoms with Gasteiger partial charge in [0.05, 0.1) is 19.3 Å². The number of piperidine rings is 1. The number of carbonyl (C=O) groups excluding carboxylic acids is 1. The van der Waals surface area contributed by atoms with Crippen molar-refractivity contribution < 1.29 is 17.9 Å². The monoisotopic (exact) mass is 333 g/mol. The van der Waals surface area contributed by atoms with E-state index in [1.807, 2.05) is 0 Å². The molecular weight excluding hydrogens is 306 g/mol. The van der Waals surface area contributed by atoms with Crippen LogP contribution in [0.5, 0.6) is 0 Å². The average molecular weight is 333 g/mol. The SMILES string of the molecule is CC1CC(C)CN(S(=O)(=O)NC(C)C(=O)N2CCOCC2)C1. The number of amides is 1. The second-order valence-electron chi connectivity index (χ2n) is 6.55. The van der Waals surface area contributed by atoms with E-state index in [4.69, 9.17) is 4.74 Å². The van der Waals surface area contributed by atoms with Crippen LogP contribution in [-0.4, -0.2) is 69.0 Å². The third-order valence-electron chi connectivity index (χ3n) is 4.19. The summed E-state index contributed by atoms with van der Waals surface area (Å²) >= 11 is 0. The molecule has 0 aromatic carbocycles. The van der Waals surface area contributed by atoms with E-state index < -0.39 is 16.3 Å². The summed E-state index contributed by atoms with van der Waals surface area (Å²) in [4.78, 5) is 14.0. The van der Waals surface area contributed by atoms with E-state index in [1.54, 1.807) is 11.8 Å². The first-order valence-corrected chi connectivity index (χ1v) is 9.37. The fraction of sp³-hybridized carbons (Fsp3) is 0.929. The minimum absolute atomic E-state index is 0.190. The fourth-order valence-corrected chi connectivity index (χ4v) is 4.81. The van der Waals surface area contributed by atoms with Gasteiger partial charge in [-0.3, -0.25) is 4.79 Å². The Morgan fingerprint density at radius 3 is 2.27 bits per heavy atom. The molecule has 22 heavy (non-hydrogen) atoms. The fourth-order valence-electron chi connectivity index (χ4n) is 3.21. The van der Waals surface area contributed by atoms with E-state index in [-0.39, 0.29) is 5.91 Å². The predicted molar refractivity (Wildman–Crippen MR) is 83.4 cm³/mol. The van der Waals surface area contributed by atoms with Gasteiger partial charge in [0.15, 0.2) is 0 Å². The smallest absolute Gasteiger partial charge is 0.280 e. The zero-order valence-electron chi connectivity index (χ0n) is 13.6. The molecule has 2 saturated heterocycles. The largest absolute Gasteiger partial charge is 0.378 e. The first-order chi connectivity index (χ1) is 10.3. The molecule has 0 aromatic rings. The Morgan fingerprint density at radius 2 is 1.73 bits per heavy atom. The van der Waals surface area contributed by atoms with E-state index in [9.17, 15) is 13.2 Å². The number of morpholine rings is 1. The van der Waals surface area contributed by atoms with Crippen LogP contribution in [-0.2, 0) is 19.7 Å². The van der Waals surface area contributed by atoms with Gasteiger partial charge >= 0.3 is 0 Å². The van der Waals surface area contributed by atoms with Crippen molar-refractivity contribution in [2.24, 2.45) is 11.8 Å². The Labute approximate surface area is 133 Å². The minimum Gasteiger partial charge on any atom is -0.378 e. The van der Waals surface area contributed by atoms with E-state index in [0.717, 1.165) is 6.42 Å². The van der Waals surface area contributed by atoms with Crippen LogP contribution in [0.15, 0.2) is 0 Å². The van der Waals surface area contributed by atoms with Gasteiger partial charge < -0.3 is 9.64 Å². The lowest BCUT2D eigenvalue weighted by molar-refractivity contribution is -0.136. The average Bonchev–Trinajstić information content (AvgIpc) is 2.46. The van der Waals surface area contributed by atoms with Gasteiger partial charge in [0.2, 0.25) is 5.91 Å². The lowest BCUT2D eigenvalue weighted by atomic mass is 9.94. The summed E-state index contributed by atoms with van der Waals surface area (Å²) in [5, 5.41) is 0. The highest BCUT2D eigenvalue weighted by Gasteiger charge is 2.33. The van der Waals surface area contributed by atoms with Crippen LogP contribution in [0.2, 0.25) is 0 Å². The molecule has 128 valence electrons. The molecule has 1 amide bonds. The lowest BCUT2D eigenvalue weighted by Gasteiger charge is -2.35. The summed E-state index contributed by atoms with van der Waals surface area (Å²) in [7, 11) is -3.63. The van der Waals surface area contributed by atoms with Crippen LogP contribution in [0.4, 0.5) is 0 Å². The van der Waals surface area contributed by atoms with Crippen LogP contribution < -0.4 is 4.72 Å². The molecule has 2 rings (SSSR count). The topological polar surface area (TPSA) is 79.0 Å². The van der Waals surface area contributed by atoms with Gasteiger partial charge in [0.1, 0.15) is 0 Å². The predicted octanol–water partition coefficient (Wildman–Crippen LogP) is 0.0460. The summed E-state index contributed by atoms with van der Waals surface area (Å²) in [6.45, 7) is 8.79. The van der Waals surface area contributed by atoms with E-state index in [2.05, 4.69) is 18.6 Å². The molecule has 2 heterocycles. The van der Waals surface area contributed by atoms with Crippen molar-refractivity contribution in [3.05, 3.63) is 0 Å². The van der Waals surface area contributed by atoms with E-state index >= 15 is 0 Å². The molecular formula is C14H27N3O4S. The van der Waals surface area contributed by atoms with Crippen molar-refractivity contribution >= 4 is 16.1 Å². The van der Waals surface area contributed by atoms with Crippen LogP contribution in [0.25, 0.3) is 0 Å². The number of rotatable bonds is 4. The van der Waals surface area contributed by atoms with Gasteiger partial charge in [-0.15, -0.1) is 0 Å². The molecule has 0 aromatic heterocycles. The maximum atomic E-state index is 12.5. The number of nitrogens with zero attached hydrogens (tertiary/aromatic N) is 2. The van der Waals surface area contributed by atoms with Crippen molar-refractivity contribution in [3.63, 3.8) is 0 Å². The number of carbonyl (C=O) groups is 1. The third-order valence-corrected chi connectivity index (χ3v) is 5.82. The molecule has 7 nitrogen and oxygen atoms in total. The molecule has 0 aliphatic carbocycles. The van der Waals surface area contributed by atoms with Crippen molar-refractivity contribution in [1.29, 1.82) is 0 Å². The molecule has 0 spiro atoms. The van der Waals surface area contributed by atoms with Crippen molar-refractivity contribution in [2.75, 3.05) is 39.4 Å². The Morgan fingerprint density at radius 1 is 1.18 bits per heavy atom. The summed E-state index contributed by atoms with van der Waals surface area (Å²) in [6, 6.07) is -0.754. The zero-order chi connectivity index (χ0) is 16.3. The molecule has 0 bridgehead atoms. The summed E-state index contributed by atoms with van der Waals surface area (Å²) in [6.07, 6.45) is 1.04. The van der Waals surface area contributed by atoms with Crippen LogP contribution in [0, 0.1) is 11.8 Å². The van der Waals surface area contributed by atoms with Gasteiger partial charge in [-0.05, 0) is 25.2 Å². The number of ether oxygens (including phenoxy) is 1. The Balaban J connectivity index is 1.96. The van der Waals surface area contributed by atoms with Crippen LogP contribution in [0.3, 0.4) is 0 Å². The number of nitrogens with one attached hydrogen (secondary N) is 1. The van der Waals surface area contributed by atoms with Gasteiger partial charge in [-0.25, -0.2) is 0 Å². The molecule has 2 aliphatic heterocycles. The molecule has 2 aliphatic rings. The maximum Gasteiger partial charge on any atom is 0.280 e. The Hall–Kier alpha value is -0.700. The van der Waals surface area contributed by atoms with Gasteiger partial charge in [0, 0.05) is 26.2 Å². The highest BCUT2D eigenvalue weighted by atomic mass is 32.2. The third kappa shape index (κ3) is 4.41. The van der Waals surface area contributed by atoms with E-state index in [0.29, 0.717) is 51.2 Å². The van der Waals surface area contributed by atoms with Crippen molar-refractivity contribution in [1.82, 2.24) is 13.9 Å². The van der Waals surface area contributed by atoms with E-state index in [1.165, 1.54) is 4.31 Å². The van der Waals surface area contributed by atoms with Gasteiger partial charge in [-0.2, -0.15) is 17.4 Å². The van der Waals surface area contributed by atoms with Crippen molar-refractivity contribution in [2.45, 2.75) is 33.2 Å². The molecule has 8 heteroatoms. The van der Waals surface area contributed by atoms with Crippen LogP contribution >= 0.6 is 0 Å². The Bertz CT molecular complexity index is 480. The first kappa shape index (κ1) is 17.7. The molecule has 1 N–H and O–H groups in total. The summed E-state index contributed by atoms with van der Waals surface area (Å²) in [5.41, 5.74) is 0. The highest BCUT2D eigenvalue weighted by Crippen LogP contribution is 2.22. The number of hydrogen-bond acceptors (Lipinski definition) is 4. The zero-order valence-corrected chi connectivity index (χ0v) is 14.4. The second-order valence-corrected chi connectivity index (χ2v) is 8.25. The Kier molecular flexibility index (Phi) is 5.81. The van der Waals surface area contributed by atoms with Crippen LogP contribution in [0.1, 0.15) is 27.2 Å². The molecule has 3 atom stereocenters.